The van der Waals surface area contributed by atoms with Gasteiger partial charge >= 0.3 is 0 Å². The Labute approximate surface area is 121 Å². The lowest BCUT2D eigenvalue weighted by molar-refractivity contribution is 0.793. The zero-order chi connectivity index (χ0) is 14.3. The van der Waals surface area contributed by atoms with E-state index in [1.165, 1.54) is 32.7 Å². The van der Waals surface area contributed by atoms with Gasteiger partial charge in [0.05, 0.1) is 0 Å². The highest BCUT2D eigenvalue weighted by Gasteiger charge is 2.11. The molecule has 0 N–H and O–H groups in total. The normalized spacial score (nSPS) is 11.9. The summed E-state index contributed by atoms with van der Waals surface area (Å²) >= 11 is 0. The molecular formula is C20H22. The molecule has 102 valence electrons. The number of hydrogen-bond donors (Lipinski definition) is 0. The van der Waals surface area contributed by atoms with Crippen molar-refractivity contribution in [3.05, 3.63) is 59.7 Å². The van der Waals surface area contributed by atoms with Crippen LogP contribution in [0.15, 0.2) is 48.5 Å². The van der Waals surface area contributed by atoms with Crippen molar-refractivity contribution < 1.29 is 0 Å². The third kappa shape index (κ3) is 2.20. The van der Waals surface area contributed by atoms with E-state index in [0.717, 1.165) is 0 Å². The summed E-state index contributed by atoms with van der Waals surface area (Å²) in [4.78, 5) is 0. The van der Waals surface area contributed by atoms with Gasteiger partial charge in [0.25, 0.3) is 0 Å². The monoisotopic (exact) mass is 262 g/mol. The molecule has 0 heteroatoms. The van der Waals surface area contributed by atoms with Crippen molar-refractivity contribution in [3.63, 3.8) is 0 Å². The van der Waals surface area contributed by atoms with E-state index >= 15 is 0 Å². The maximum absolute atomic E-state index is 2.39. The van der Waals surface area contributed by atoms with E-state index in [1.807, 2.05) is 0 Å². The number of fused-ring (bicyclic) bond motifs is 2. The molecule has 3 aromatic carbocycles. The van der Waals surface area contributed by atoms with Crippen LogP contribution in [0.25, 0.3) is 21.5 Å². The van der Waals surface area contributed by atoms with E-state index in [2.05, 4.69) is 76.2 Å². The van der Waals surface area contributed by atoms with Gasteiger partial charge in [0, 0.05) is 0 Å². The van der Waals surface area contributed by atoms with Crippen LogP contribution in [0, 0.1) is 0 Å². The average Bonchev–Trinajstić information content (AvgIpc) is 2.43. The Balaban J connectivity index is 2.35. The fraction of sp³-hybridized carbons (Fsp3) is 0.300. The molecule has 0 fully saturated rings. The number of benzene rings is 3. The van der Waals surface area contributed by atoms with Crippen LogP contribution in [0.1, 0.15) is 50.7 Å². The van der Waals surface area contributed by atoms with Gasteiger partial charge < -0.3 is 0 Å². The fourth-order valence-electron chi connectivity index (χ4n) is 3.03. The van der Waals surface area contributed by atoms with Gasteiger partial charge in [-0.15, -0.1) is 0 Å². The van der Waals surface area contributed by atoms with Crippen LogP contribution in [-0.4, -0.2) is 0 Å². The first-order valence-corrected chi connectivity index (χ1v) is 7.52. The summed E-state index contributed by atoms with van der Waals surface area (Å²) < 4.78 is 0. The van der Waals surface area contributed by atoms with E-state index in [-0.39, 0.29) is 0 Å². The van der Waals surface area contributed by atoms with Crippen LogP contribution < -0.4 is 0 Å². The zero-order valence-corrected chi connectivity index (χ0v) is 12.8. The molecule has 0 heterocycles. The molecule has 0 bridgehead atoms. The van der Waals surface area contributed by atoms with Gasteiger partial charge in [0.1, 0.15) is 0 Å². The summed E-state index contributed by atoms with van der Waals surface area (Å²) in [6.07, 6.45) is 0. The Kier molecular flexibility index (Phi) is 3.25. The first-order valence-electron chi connectivity index (χ1n) is 7.52. The molecule has 0 aliphatic rings. The molecule has 0 aromatic heterocycles. The predicted octanol–water partition coefficient (Wildman–Crippen LogP) is 6.24. The summed E-state index contributed by atoms with van der Waals surface area (Å²) in [7, 11) is 0. The summed E-state index contributed by atoms with van der Waals surface area (Å²) in [5, 5.41) is 5.37. The van der Waals surface area contributed by atoms with Gasteiger partial charge in [-0.25, -0.2) is 0 Å². The predicted molar refractivity (Wildman–Crippen MR) is 89.6 cm³/mol. The first kappa shape index (κ1) is 13.2. The number of hydrogen-bond acceptors (Lipinski definition) is 0. The van der Waals surface area contributed by atoms with Crippen molar-refractivity contribution in [1.29, 1.82) is 0 Å². The van der Waals surface area contributed by atoms with Crippen LogP contribution in [-0.2, 0) is 0 Å². The first-order chi connectivity index (χ1) is 9.56. The second-order valence-corrected chi connectivity index (χ2v) is 6.34. The van der Waals surface area contributed by atoms with E-state index < -0.39 is 0 Å². The molecule has 0 aliphatic carbocycles. The molecule has 0 radical (unpaired) electrons. The Morgan fingerprint density at radius 2 is 0.950 bits per heavy atom. The Bertz CT molecular complexity index is 697. The molecule has 0 nitrogen and oxygen atoms in total. The number of rotatable bonds is 2. The fourth-order valence-corrected chi connectivity index (χ4v) is 3.03. The quantitative estimate of drug-likeness (QED) is 0.479. The maximum atomic E-state index is 2.39. The molecule has 0 amide bonds. The second kappa shape index (κ2) is 4.94. The van der Waals surface area contributed by atoms with Crippen LogP contribution in [0.2, 0.25) is 0 Å². The molecule has 0 spiro atoms. The summed E-state index contributed by atoms with van der Waals surface area (Å²) in [5.41, 5.74) is 2.98. The van der Waals surface area contributed by atoms with E-state index in [9.17, 15) is 0 Å². The topological polar surface area (TPSA) is 0 Å². The molecule has 0 saturated carbocycles. The lowest BCUT2D eigenvalue weighted by atomic mass is 9.87. The van der Waals surface area contributed by atoms with Crippen molar-refractivity contribution in [2.24, 2.45) is 0 Å². The molecular weight excluding hydrogens is 240 g/mol. The summed E-state index contributed by atoms with van der Waals surface area (Å²) in [6, 6.07) is 18.0. The summed E-state index contributed by atoms with van der Waals surface area (Å²) in [5.74, 6) is 1.14. The van der Waals surface area contributed by atoms with Gasteiger partial charge in [-0.05, 0) is 56.6 Å². The Morgan fingerprint density at radius 1 is 0.550 bits per heavy atom. The third-order valence-corrected chi connectivity index (χ3v) is 4.15. The van der Waals surface area contributed by atoms with Gasteiger partial charge in [-0.2, -0.15) is 0 Å². The lowest BCUT2D eigenvalue weighted by Crippen LogP contribution is -1.98. The standard InChI is InChI=1S/C20H22/c1-13(2)19-11-17-9-15-7-5-6-8-16(15)10-18(17)12-20(19)14(3)4/h5-14H,1-4H3. The van der Waals surface area contributed by atoms with E-state index in [1.54, 1.807) is 0 Å². The highest BCUT2D eigenvalue weighted by atomic mass is 14.2. The largest absolute Gasteiger partial charge is 0.0616 e. The van der Waals surface area contributed by atoms with Crippen LogP contribution in [0.5, 0.6) is 0 Å². The SMILES string of the molecule is CC(C)c1cc2cc3ccccc3cc2cc1C(C)C. The van der Waals surface area contributed by atoms with Crippen molar-refractivity contribution in [2.45, 2.75) is 39.5 Å². The van der Waals surface area contributed by atoms with Crippen LogP contribution in [0.3, 0.4) is 0 Å². The third-order valence-electron chi connectivity index (χ3n) is 4.15. The van der Waals surface area contributed by atoms with Gasteiger partial charge in [-0.3, -0.25) is 0 Å². The molecule has 0 atom stereocenters. The highest BCUT2D eigenvalue weighted by Crippen LogP contribution is 2.32. The minimum absolute atomic E-state index is 0.572. The van der Waals surface area contributed by atoms with Crippen LogP contribution in [0.4, 0.5) is 0 Å². The molecule has 0 saturated heterocycles. The van der Waals surface area contributed by atoms with Crippen molar-refractivity contribution in [3.8, 4) is 0 Å². The average molecular weight is 262 g/mol. The summed E-state index contributed by atoms with van der Waals surface area (Å²) in [6.45, 7) is 9.14. The molecule has 0 aliphatic heterocycles. The molecule has 20 heavy (non-hydrogen) atoms. The maximum Gasteiger partial charge on any atom is -0.0175 e. The second-order valence-electron chi connectivity index (χ2n) is 6.34. The van der Waals surface area contributed by atoms with Gasteiger partial charge in [0.2, 0.25) is 0 Å². The molecule has 0 unspecified atom stereocenters. The van der Waals surface area contributed by atoms with Crippen molar-refractivity contribution in [2.75, 3.05) is 0 Å². The Hall–Kier alpha value is -1.82. The highest BCUT2D eigenvalue weighted by molar-refractivity contribution is 5.98. The van der Waals surface area contributed by atoms with E-state index in [4.69, 9.17) is 0 Å². The smallest absolute Gasteiger partial charge is 0.0175 e. The Morgan fingerprint density at radius 3 is 1.30 bits per heavy atom. The van der Waals surface area contributed by atoms with Gasteiger partial charge in [0.15, 0.2) is 0 Å². The minimum Gasteiger partial charge on any atom is -0.0616 e. The minimum atomic E-state index is 0.572. The van der Waals surface area contributed by atoms with Crippen LogP contribution >= 0.6 is 0 Å². The lowest BCUT2D eigenvalue weighted by Gasteiger charge is -2.17. The van der Waals surface area contributed by atoms with Crippen molar-refractivity contribution >= 4 is 21.5 Å². The van der Waals surface area contributed by atoms with Gasteiger partial charge in [-0.1, -0.05) is 64.1 Å². The zero-order valence-electron chi connectivity index (χ0n) is 12.8. The van der Waals surface area contributed by atoms with Crippen molar-refractivity contribution in [1.82, 2.24) is 0 Å². The molecule has 3 rings (SSSR count). The molecule has 3 aromatic rings. The van der Waals surface area contributed by atoms with E-state index in [0.29, 0.717) is 11.8 Å².